The summed E-state index contributed by atoms with van der Waals surface area (Å²) in [7, 11) is 0. The summed E-state index contributed by atoms with van der Waals surface area (Å²) < 4.78 is 8.62. The largest absolute Gasteiger partial charge is 0.482 e. The van der Waals surface area contributed by atoms with Crippen LogP contribution >= 0.6 is 12.2 Å². The van der Waals surface area contributed by atoms with Crippen molar-refractivity contribution in [2.75, 3.05) is 0 Å². The Labute approximate surface area is 111 Å². The fraction of sp³-hybridized carbons (Fsp3) is 0.385. The first-order chi connectivity index (χ1) is 8.66. The Bertz CT molecular complexity index is 604. The van der Waals surface area contributed by atoms with E-state index in [1.807, 2.05) is 22.8 Å². The highest BCUT2D eigenvalue weighted by Crippen LogP contribution is 2.36. The second-order valence-electron chi connectivity index (χ2n) is 4.77. The molecule has 1 aliphatic heterocycles. The lowest BCUT2D eigenvalue weighted by molar-refractivity contribution is 0.218. The number of rotatable bonds is 2. The van der Waals surface area contributed by atoms with E-state index in [-0.39, 0.29) is 12.1 Å². The topological polar surface area (TPSA) is 42.8 Å². The molecular weight excluding hydrogens is 246 g/mol. The standard InChI is InChI=1S/C13H15N3OS/c1-8(2)16-12(14-15-13(16)18)11-7-9-5-3-4-6-10(9)17-11/h3-6,8,11H,7H2,1-2H3,(H,15,18). The van der Waals surface area contributed by atoms with E-state index in [1.165, 1.54) is 5.56 Å². The molecule has 1 atom stereocenters. The molecule has 1 aliphatic rings. The molecule has 0 amide bonds. The summed E-state index contributed by atoms with van der Waals surface area (Å²) in [5, 5.41) is 7.18. The molecular formula is C13H15N3OS. The first-order valence-electron chi connectivity index (χ1n) is 6.08. The van der Waals surface area contributed by atoms with Crippen molar-refractivity contribution in [3.63, 3.8) is 0 Å². The van der Waals surface area contributed by atoms with E-state index in [9.17, 15) is 0 Å². The van der Waals surface area contributed by atoms with Crippen LogP contribution in [0.2, 0.25) is 0 Å². The minimum absolute atomic E-state index is 0.0438. The number of para-hydroxylation sites is 1. The molecule has 1 aromatic carbocycles. The summed E-state index contributed by atoms with van der Waals surface area (Å²) in [5.41, 5.74) is 1.23. The molecule has 1 N–H and O–H groups in total. The SMILES string of the molecule is CC(C)n1c(C2Cc3ccccc3O2)n[nH]c1=S. The fourth-order valence-electron chi connectivity index (χ4n) is 2.37. The lowest BCUT2D eigenvalue weighted by Crippen LogP contribution is -2.14. The van der Waals surface area contributed by atoms with Gasteiger partial charge in [-0.1, -0.05) is 18.2 Å². The maximum atomic E-state index is 5.95. The van der Waals surface area contributed by atoms with Gasteiger partial charge >= 0.3 is 0 Å². The number of fused-ring (bicyclic) bond motifs is 1. The van der Waals surface area contributed by atoms with Gasteiger partial charge in [0.05, 0.1) is 0 Å². The van der Waals surface area contributed by atoms with Crippen molar-refractivity contribution >= 4 is 12.2 Å². The summed E-state index contributed by atoms with van der Waals surface area (Å²) in [6.07, 6.45) is 0.806. The van der Waals surface area contributed by atoms with E-state index in [1.54, 1.807) is 0 Å². The quantitative estimate of drug-likeness (QED) is 0.844. The van der Waals surface area contributed by atoms with Gasteiger partial charge in [0.2, 0.25) is 0 Å². The third-order valence-electron chi connectivity index (χ3n) is 3.18. The van der Waals surface area contributed by atoms with Crippen LogP contribution in [-0.2, 0) is 6.42 Å². The van der Waals surface area contributed by atoms with Gasteiger partial charge in [-0.3, -0.25) is 9.67 Å². The van der Waals surface area contributed by atoms with E-state index < -0.39 is 0 Å². The molecule has 0 bridgehead atoms. The van der Waals surface area contributed by atoms with Gasteiger partial charge in [-0.15, -0.1) is 0 Å². The summed E-state index contributed by atoms with van der Waals surface area (Å²) in [6, 6.07) is 8.39. The molecule has 1 unspecified atom stereocenters. The number of hydrogen-bond acceptors (Lipinski definition) is 3. The molecule has 0 spiro atoms. The van der Waals surface area contributed by atoms with Crippen molar-refractivity contribution < 1.29 is 4.74 Å². The van der Waals surface area contributed by atoms with Gasteiger partial charge in [-0.25, -0.2) is 0 Å². The molecule has 0 saturated heterocycles. The molecule has 4 nitrogen and oxygen atoms in total. The maximum Gasteiger partial charge on any atom is 0.195 e. The molecule has 2 heterocycles. The van der Waals surface area contributed by atoms with Crippen LogP contribution in [0, 0.1) is 4.77 Å². The summed E-state index contributed by atoms with van der Waals surface area (Å²) >= 11 is 5.26. The van der Waals surface area contributed by atoms with Crippen LogP contribution in [0.4, 0.5) is 0 Å². The highest BCUT2D eigenvalue weighted by atomic mass is 32.1. The number of aromatic nitrogens is 3. The van der Waals surface area contributed by atoms with Crippen LogP contribution in [0.15, 0.2) is 24.3 Å². The number of aromatic amines is 1. The van der Waals surface area contributed by atoms with Gasteiger partial charge in [0, 0.05) is 12.5 Å². The van der Waals surface area contributed by atoms with Gasteiger partial charge in [0.1, 0.15) is 5.75 Å². The number of nitrogens with zero attached hydrogens (tertiary/aromatic N) is 2. The maximum absolute atomic E-state index is 5.95. The van der Waals surface area contributed by atoms with Gasteiger partial charge in [-0.2, -0.15) is 5.10 Å². The number of H-pyrrole nitrogens is 1. The minimum Gasteiger partial charge on any atom is -0.482 e. The lowest BCUT2D eigenvalue weighted by Gasteiger charge is -2.14. The zero-order valence-electron chi connectivity index (χ0n) is 10.4. The third kappa shape index (κ3) is 1.75. The second kappa shape index (κ2) is 4.24. The van der Waals surface area contributed by atoms with Crippen LogP contribution in [0.5, 0.6) is 5.75 Å². The minimum atomic E-state index is -0.0438. The number of benzene rings is 1. The number of hydrogen-bond donors (Lipinski definition) is 1. The van der Waals surface area contributed by atoms with E-state index in [4.69, 9.17) is 17.0 Å². The van der Waals surface area contributed by atoms with Crippen LogP contribution in [-0.4, -0.2) is 14.8 Å². The Kier molecular flexibility index (Phi) is 2.70. The van der Waals surface area contributed by atoms with Crippen LogP contribution < -0.4 is 4.74 Å². The molecule has 5 heteroatoms. The molecule has 1 aromatic heterocycles. The Morgan fingerprint density at radius 1 is 1.44 bits per heavy atom. The fourth-order valence-corrected chi connectivity index (χ4v) is 2.72. The third-order valence-corrected chi connectivity index (χ3v) is 3.47. The molecule has 94 valence electrons. The van der Waals surface area contributed by atoms with E-state index >= 15 is 0 Å². The first-order valence-corrected chi connectivity index (χ1v) is 6.49. The lowest BCUT2D eigenvalue weighted by atomic mass is 10.1. The highest BCUT2D eigenvalue weighted by molar-refractivity contribution is 7.71. The monoisotopic (exact) mass is 261 g/mol. The van der Waals surface area contributed by atoms with Crippen LogP contribution in [0.3, 0.4) is 0 Å². The highest BCUT2D eigenvalue weighted by Gasteiger charge is 2.28. The summed E-state index contributed by atoms with van der Waals surface area (Å²) in [6.45, 7) is 4.19. The van der Waals surface area contributed by atoms with E-state index in [0.717, 1.165) is 18.0 Å². The smallest absolute Gasteiger partial charge is 0.195 e. The average molecular weight is 261 g/mol. The molecule has 0 saturated carbocycles. The number of nitrogens with one attached hydrogen (secondary N) is 1. The van der Waals surface area contributed by atoms with Crippen molar-refractivity contribution in [3.05, 3.63) is 40.4 Å². The molecule has 18 heavy (non-hydrogen) atoms. The van der Waals surface area contributed by atoms with Gasteiger partial charge < -0.3 is 4.74 Å². The Hall–Kier alpha value is -1.62. The second-order valence-corrected chi connectivity index (χ2v) is 5.16. The van der Waals surface area contributed by atoms with Crippen molar-refractivity contribution in [3.8, 4) is 5.75 Å². The molecule has 0 radical (unpaired) electrons. The molecule has 0 aliphatic carbocycles. The zero-order valence-corrected chi connectivity index (χ0v) is 11.2. The zero-order chi connectivity index (χ0) is 12.7. The molecule has 3 rings (SSSR count). The predicted molar refractivity (Wildman–Crippen MR) is 71.3 cm³/mol. The Morgan fingerprint density at radius 3 is 2.94 bits per heavy atom. The van der Waals surface area contributed by atoms with Gasteiger partial charge in [0.25, 0.3) is 0 Å². The van der Waals surface area contributed by atoms with Gasteiger partial charge in [-0.05, 0) is 37.7 Å². The number of ether oxygens (including phenoxy) is 1. The van der Waals surface area contributed by atoms with E-state index in [0.29, 0.717) is 4.77 Å². The van der Waals surface area contributed by atoms with Crippen molar-refractivity contribution in [2.45, 2.75) is 32.4 Å². The van der Waals surface area contributed by atoms with Crippen molar-refractivity contribution in [1.82, 2.24) is 14.8 Å². The normalized spacial score (nSPS) is 17.8. The Morgan fingerprint density at radius 2 is 2.22 bits per heavy atom. The van der Waals surface area contributed by atoms with E-state index in [2.05, 4.69) is 30.1 Å². The van der Waals surface area contributed by atoms with Crippen molar-refractivity contribution in [2.24, 2.45) is 0 Å². The van der Waals surface area contributed by atoms with Crippen LogP contribution in [0.1, 0.15) is 37.4 Å². The summed E-state index contributed by atoms with van der Waals surface area (Å²) in [5.74, 6) is 1.83. The molecule has 0 fully saturated rings. The Balaban J connectivity index is 1.98. The summed E-state index contributed by atoms with van der Waals surface area (Å²) in [4.78, 5) is 0. The average Bonchev–Trinajstić information content (AvgIpc) is 2.91. The molecule has 2 aromatic rings. The first kappa shape index (κ1) is 11.5. The van der Waals surface area contributed by atoms with Crippen LogP contribution in [0.25, 0.3) is 0 Å². The predicted octanol–water partition coefficient (Wildman–Crippen LogP) is 3.20. The van der Waals surface area contributed by atoms with Gasteiger partial charge in [0.15, 0.2) is 16.7 Å². The van der Waals surface area contributed by atoms with Crippen molar-refractivity contribution in [1.29, 1.82) is 0 Å².